The average Bonchev–Trinajstić information content (AvgIpc) is 3.27. The maximum atomic E-state index is 5.32. The van der Waals surface area contributed by atoms with Crippen LogP contribution in [0, 0.1) is 6.92 Å². The van der Waals surface area contributed by atoms with E-state index in [2.05, 4.69) is 43.0 Å². The molecule has 2 aromatic rings. The van der Waals surface area contributed by atoms with Gasteiger partial charge in [0.05, 0.1) is 13.7 Å². The normalized spacial score (nSPS) is 17.0. The van der Waals surface area contributed by atoms with Gasteiger partial charge in [0, 0.05) is 49.0 Å². The van der Waals surface area contributed by atoms with Crippen LogP contribution in [0.4, 0.5) is 5.69 Å². The zero-order chi connectivity index (χ0) is 17.6. The smallest absolute Gasteiger partial charge is 0.191 e. The van der Waals surface area contributed by atoms with Gasteiger partial charge in [-0.05, 0) is 25.5 Å². The number of aryl methyl sites for hydroxylation is 1. The van der Waals surface area contributed by atoms with Crippen LogP contribution < -0.4 is 20.3 Å². The average molecular weight is 487 g/mol. The molecule has 0 spiro atoms. The second-order valence-electron chi connectivity index (χ2n) is 6.09. The number of guanidine groups is 1. The number of aromatic nitrogens is 1. The number of thiazole rings is 1. The van der Waals surface area contributed by atoms with Crippen LogP contribution >= 0.6 is 35.3 Å². The van der Waals surface area contributed by atoms with Crippen molar-refractivity contribution in [3.05, 3.63) is 40.3 Å². The fourth-order valence-electron chi connectivity index (χ4n) is 2.95. The summed E-state index contributed by atoms with van der Waals surface area (Å²) in [5.74, 6) is 1.72. The van der Waals surface area contributed by atoms with E-state index in [0.29, 0.717) is 12.6 Å². The number of rotatable bonds is 5. The standard InChI is InChI=1S/C18H25N5OS.HI/c1-13-12-25-17(21-13)10-20-18(19-2)22-14-7-8-23(11-14)15-5-4-6-16(9-15)24-3;/h4-6,9,12,14H,7-8,10-11H2,1-3H3,(H2,19,20,22);1H. The van der Waals surface area contributed by atoms with Crippen molar-refractivity contribution in [2.75, 3.05) is 32.1 Å². The molecule has 0 amide bonds. The molecule has 26 heavy (non-hydrogen) atoms. The monoisotopic (exact) mass is 487 g/mol. The van der Waals surface area contributed by atoms with Gasteiger partial charge in [-0.1, -0.05) is 6.07 Å². The lowest BCUT2D eigenvalue weighted by molar-refractivity contribution is 0.415. The van der Waals surface area contributed by atoms with E-state index in [4.69, 9.17) is 4.74 Å². The molecule has 142 valence electrons. The number of anilines is 1. The summed E-state index contributed by atoms with van der Waals surface area (Å²) in [6.07, 6.45) is 1.08. The van der Waals surface area contributed by atoms with Crippen molar-refractivity contribution in [2.45, 2.75) is 25.9 Å². The van der Waals surface area contributed by atoms with Crippen molar-refractivity contribution in [2.24, 2.45) is 4.99 Å². The maximum absolute atomic E-state index is 5.32. The minimum Gasteiger partial charge on any atom is -0.497 e. The molecule has 1 aromatic carbocycles. The highest BCUT2D eigenvalue weighted by molar-refractivity contribution is 14.0. The molecule has 1 aromatic heterocycles. The largest absolute Gasteiger partial charge is 0.497 e. The first-order chi connectivity index (χ1) is 12.2. The Bertz CT molecular complexity index is 736. The first-order valence-electron chi connectivity index (χ1n) is 8.45. The zero-order valence-corrected chi connectivity index (χ0v) is 18.5. The van der Waals surface area contributed by atoms with Gasteiger partial charge >= 0.3 is 0 Å². The molecule has 1 aliphatic rings. The van der Waals surface area contributed by atoms with Gasteiger partial charge in [-0.3, -0.25) is 4.99 Å². The minimum absolute atomic E-state index is 0. The van der Waals surface area contributed by atoms with E-state index in [1.165, 1.54) is 5.69 Å². The summed E-state index contributed by atoms with van der Waals surface area (Å²) >= 11 is 1.67. The van der Waals surface area contributed by atoms with Crippen molar-refractivity contribution in [3.63, 3.8) is 0 Å². The van der Waals surface area contributed by atoms with Crippen molar-refractivity contribution in [1.82, 2.24) is 15.6 Å². The van der Waals surface area contributed by atoms with Gasteiger partial charge in [-0.25, -0.2) is 4.98 Å². The Hall–Kier alpha value is -1.55. The van der Waals surface area contributed by atoms with Crippen LogP contribution in [0.25, 0.3) is 0 Å². The van der Waals surface area contributed by atoms with Crippen molar-refractivity contribution in [1.29, 1.82) is 0 Å². The molecule has 8 heteroatoms. The highest BCUT2D eigenvalue weighted by atomic mass is 127. The molecule has 0 saturated carbocycles. The van der Waals surface area contributed by atoms with Crippen molar-refractivity contribution in [3.8, 4) is 5.75 Å². The van der Waals surface area contributed by atoms with Crippen molar-refractivity contribution >= 4 is 47.0 Å². The highest BCUT2D eigenvalue weighted by Crippen LogP contribution is 2.24. The summed E-state index contributed by atoms with van der Waals surface area (Å²) < 4.78 is 5.32. The van der Waals surface area contributed by atoms with E-state index in [-0.39, 0.29) is 24.0 Å². The number of nitrogens with zero attached hydrogens (tertiary/aromatic N) is 3. The third kappa shape index (κ3) is 5.47. The molecule has 3 rings (SSSR count). The summed E-state index contributed by atoms with van der Waals surface area (Å²) in [6, 6.07) is 8.59. The number of halogens is 1. The Labute approximate surface area is 176 Å². The molecule has 0 radical (unpaired) electrons. The van der Waals surface area contributed by atoms with Crippen LogP contribution in [0.3, 0.4) is 0 Å². The van der Waals surface area contributed by atoms with Crippen molar-refractivity contribution < 1.29 is 4.74 Å². The second kappa shape index (κ2) is 9.96. The molecular weight excluding hydrogens is 461 g/mol. The molecular formula is C18H26IN5OS. The Kier molecular flexibility index (Phi) is 7.95. The summed E-state index contributed by atoms with van der Waals surface area (Å²) in [7, 11) is 3.50. The molecule has 2 heterocycles. The fourth-order valence-corrected chi connectivity index (χ4v) is 3.66. The molecule has 0 bridgehead atoms. The lowest BCUT2D eigenvalue weighted by atomic mass is 10.2. The fraction of sp³-hybridized carbons (Fsp3) is 0.444. The number of benzene rings is 1. The second-order valence-corrected chi connectivity index (χ2v) is 7.03. The molecule has 1 unspecified atom stereocenters. The Morgan fingerprint density at radius 1 is 1.46 bits per heavy atom. The zero-order valence-electron chi connectivity index (χ0n) is 15.4. The van der Waals surface area contributed by atoms with Crippen LogP contribution in [-0.2, 0) is 6.54 Å². The first kappa shape index (κ1) is 20.8. The third-order valence-electron chi connectivity index (χ3n) is 4.24. The van der Waals surface area contributed by atoms with Gasteiger partial charge in [0.25, 0.3) is 0 Å². The number of ether oxygens (including phenoxy) is 1. The number of methoxy groups -OCH3 is 1. The number of hydrogen-bond acceptors (Lipinski definition) is 5. The van der Waals surface area contributed by atoms with Gasteiger partial charge in [0.15, 0.2) is 5.96 Å². The molecule has 1 atom stereocenters. The van der Waals surface area contributed by atoms with E-state index < -0.39 is 0 Å². The van der Waals surface area contributed by atoms with E-state index >= 15 is 0 Å². The van der Waals surface area contributed by atoms with Gasteiger partial charge in [0.1, 0.15) is 10.8 Å². The molecule has 1 fully saturated rings. The first-order valence-corrected chi connectivity index (χ1v) is 9.33. The Balaban J connectivity index is 0.00000243. The van der Waals surface area contributed by atoms with Gasteiger partial charge in [-0.2, -0.15) is 0 Å². The van der Waals surface area contributed by atoms with Crippen LogP contribution in [0.15, 0.2) is 34.6 Å². The summed E-state index contributed by atoms with van der Waals surface area (Å²) in [4.78, 5) is 11.2. The quantitative estimate of drug-likeness (QED) is 0.386. The minimum atomic E-state index is 0. The highest BCUT2D eigenvalue weighted by Gasteiger charge is 2.23. The van der Waals surface area contributed by atoms with Gasteiger partial charge in [0.2, 0.25) is 0 Å². The Morgan fingerprint density at radius 2 is 2.31 bits per heavy atom. The third-order valence-corrected chi connectivity index (χ3v) is 5.21. The Morgan fingerprint density at radius 3 is 3.00 bits per heavy atom. The van der Waals surface area contributed by atoms with Gasteiger partial charge in [-0.15, -0.1) is 35.3 Å². The van der Waals surface area contributed by atoms with Crippen LogP contribution in [0.1, 0.15) is 17.1 Å². The van der Waals surface area contributed by atoms with Crippen LogP contribution in [0.5, 0.6) is 5.75 Å². The number of nitrogens with one attached hydrogen (secondary N) is 2. The lowest BCUT2D eigenvalue weighted by Crippen LogP contribution is -2.44. The van der Waals surface area contributed by atoms with E-state index in [0.717, 1.165) is 41.9 Å². The molecule has 6 nitrogen and oxygen atoms in total. The van der Waals surface area contributed by atoms with Crippen LogP contribution in [0.2, 0.25) is 0 Å². The number of aliphatic imine (C=N–C) groups is 1. The summed E-state index contributed by atoms with van der Waals surface area (Å²) in [6.45, 7) is 4.68. The summed E-state index contributed by atoms with van der Waals surface area (Å²) in [5.41, 5.74) is 2.26. The predicted molar refractivity (Wildman–Crippen MR) is 119 cm³/mol. The molecule has 1 aliphatic heterocycles. The van der Waals surface area contributed by atoms with E-state index in [1.54, 1.807) is 25.5 Å². The summed E-state index contributed by atoms with van der Waals surface area (Å²) in [5, 5.41) is 10.0. The predicted octanol–water partition coefficient (Wildman–Crippen LogP) is 3.02. The number of hydrogen-bond donors (Lipinski definition) is 2. The van der Waals surface area contributed by atoms with E-state index in [1.807, 2.05) is 19.1 Å². The van der Waals surface area contributed by atoms with Crippen LogP contribution in [-0.4, -0.2) is 44.2 Å². The topological polar surface area (TPSA) is 61.8 Å². The maximum Gasteiger partial charge on any atom is 0.191 e. The van der Waals surface area contributed by atoms with E-state index in [9.17, 15) is 0 Å². The SMILES string of the molecule is CN=C(NCc1nc(C)cs1)NC1CCN(c2cccc(OC)c2)C1.I. The molecule has 2 N–H and O–H groups in total. The van der Waals surface area contributed by atoms with Gasteiger partial charge < -0.3 is 20.3 Å². The molecule has 0 aliphatic carbocycles. The molecule has 1 saturated heterocycles. The lowest BCUT2D eigenvalue weighted by Gasteiger charge is -2.20.